The average Bonchev–Trinajstić information content (AvgIpc) is 2.80. The number of rotatable bonds is 3. The molecule has 0 aliphatic carbocycles. The Morgan fingerprint density at radius 3 is 2.65 bits per heavy atom. The highest BCUT2D eigenvalue weighted by Gasteiger charge is 2.18. The third-order valence-corrected chi connectivity index (χ3v) is 3.61. The number of carboxylic acids is 1. The molecule has 0 fully saturated rings. The second-order valence-corrected chi connectivity index (χ2v) is 6.34. The van der Waals surface area contributed by atoms with Crippen LogP contribution in [-0.4, -0.2) is 16.1 Å². The van der Waals surface area contributed by atoms with E-state index in [1.165, 1.54) is 17.4 Å². The van der Waals surface area contributed by atoms with E-state index in [-0.39, 0.29) is 16.7 Å². The lowest BCUT2D eigenvalue weighted by molar-refractivity contribution is 0.0698. The molecule has 0 saturated carbocycles. The number of anilines is 3. The molecular weight excluding hydrogens is 274 g/mol. The molecule has 0 atom stereocenters. The van der Waals surface area contributed by atoms with E-state index in [1.54, 1.807) is 12.1 Å². The lowest BCUT2D eigenvalue weighted by atomic mass is 9.93. The van der Waals surface area contributed by atoms with Crippen molar-refractivity contribution in [3.05, 3.63) is 34.8 Å². The lowest BCUT2D eigenvalue weighted by Crippen LogP contribution is -2.11. The molecule has 1 aromatic heterocycles. The molecule has 0 aliphatic rings. The second kappa shape index (κ2) is 5.13. The highest BCUT2D eigenvalue weighted by Crippen LogP contribution is 2.31. The largest absolute Gasteiger partial charge is 0.478 e. The van der Waals surface area contributed by atoms with E-state index in [2.05, 4.69) is 31.1 Å². The molecule has 2 aromatic rings. The summed E-state index contributed by atoms with van der Waals surface area (Å²) >= 11 is 1.47. The first-order valence-corrected chi connectivity index (χ1v) is 7.02. The minimum absolute atomic E-state index is 0.0229. The Kier molecular flexibility index (Phi) is 3.67. The van der Waals surface area contributed by atoms with Crippen molar-refractivity contribution in [2.24, 2.45) is 0 Å². The summed E-state index contributed by atoms with van der Waals surface area (Å²) in [7, 11) is 0. The summed E-state index contributed by atoms with van der Waals surface area (Å²) in [5.74, 6) is -1.04. The van der Waals surface area contributed by atoms with Crippen LogP contribution in [0.5, 0.6) is 0 Å². The van der Waals surface area contributed by atoms with Gasteiger partial charge in [0.15, 0.2) is 5.13 Å². The van der Waals surface area contributed by atoms with Crippen molar-refractivity contribution in [1.29, 1.82) is 0 Å². The summed E-state index contributed by atoms with van der Waals surface area (Å²) in [5.41, 5.74) is 7.68. The van der Waals surface area contributed by atoms with Crippen LogP contribution in [0.3, 0.4) is 0 Å². The summed E-state index contributed by atoms with van der Waals surface area (Å²) in [6.45, 7) is 6.27. The fourth-order valence-electron chi connectivity index (χ4n) is 1.65. The van der Waals surface area contributed by atoms with E-state index in [0.717, 1.165) is 5.69 Å². The number of nitrogen functional groups attached to an aromatic ring is 1. The normalized spacial score (nSPS) is 11.3. The van der Waals surface area contributed by atoms with Gasteiger partial charge in [-0.2, -0.15) is 0 Å². The number of thiazole rings is 1. The maximum Gasteiger partial charge on any atom is 0.337 e. The number of carbonyl (C=O) groups is 1. The molecule has 0 radical (unpaired) electrons. The van der Waals surface area contributed by atoms with Gasteiger partial charge in [-0.1, -0.05) is 26.8 Å². The molecule has 0 aliphatic heterocycles. The van der Waals surface area contributed by atoms with E-state index in [9.17, 15) is 4.79 Å². The maximum absolute atomic E-state index is 11.0. The smallest absolute Gasteiger partial charge is 0.337 e. The van der Waals surface area contributed by atoms with E-state index < -0.39 is 5.97 Å². The van der Waals surface area contributed by atoms with Crippen LogP contribution in [-0.2, 0) is 5.41 Å². The second-order valence-electron chi connectivity index (χ2n) is 5.48. The fourth-order valence-corrected chi connectivity index (χ4v) is 2.60. The number of nitrogens with one attached hydrogen (secondary N) is 1. The Hall–Kier alpha value is -2.08. The SMILES string of the molecule is CC(C)(C)c1csc(Nc2cccc(C(=O)O)c2N)n1. The quantitative estimate of drug-likeness (QED) is 0.754. The number of nitrogens with zero attached hydrogens (tertiary/aromatic N) is 1. The molecule has 6 heteroatoms. The Labute approximate surface area is 121 Å². The first kappa shape index (κ1) is 14.3. The predicted molar refractivity (Wildman–Crippen MR) is 81.9 cm³/mol. The molecule has 0 unspecified atom stereocenters. The molecule has 106 valence electrons. The highest BCUT2D eigenvalue weighted by molar-refractivity contribution is 7.13. The van der Waals surface area contributed by atoms with Crippen molar-refractivity contribution in [2.45, 2.75) is 26.2 Å². The van der Waals surface area contributed by atoms with Crippen LogP contribution in [0.25, 0.3) is 0 Å². The van der Waals surface area contributed by atoms with E-state index in [1.807, 2.05) is 5.38 Å². The Balaban J connectivity index is 2.29. The summed E-state index contributed by atoms with van der Waals surface area (Å²) in [6.07, 6.45) is 0. The summed E-state index contributed by atoms with van der Waals surface area (Å²) in [4.78, 5) is 15.5. The Morgan fingerprint density at radius 1 is 1.40 bits per heavy atom. The van der Waals surface area contributed by atoms with Gasteiger partial charge in [0, 0.05) is 10.8 Å². The summed E-state index contributed by atoms with van der Waals surface area (Å²) in [5, 5.41) is 14.8. The van der Waals surface area contributed by atoms with Crippen molar-refractivity contribution in [1.82, 2.24) is 4.98 Å². The van der Waals surface area contributed by atoms with Crippen LogP contribution < -0.4 is 11.1 Å². The number of aromatic carboxylic acids is 1. The van der Waals surface area contributed by atoms with E-state index in [4.69, 9.17) is 10.8 Å². The van der Waals surface area contributed by atoms with Gasteiger partial charge in [-0.05, 0) is 12.1 Å². The van der Waals surface area contributed by atoms with Crippen LogP contribution in [0, 0.1) is 0 Å². The number of para-hydroxylation sites is 1. The number of nitrogens with two attached hydrogens (primary N) is 1. The Morgan fingerprint density at radius 2 is 2.10 bits per heavy atom. The highest BCUT2D eigenvalue weighted by atomic mass is 32.1. The molecule has 1 heterocycles. The standard InChI is InChI=1S/C14H17N3O2S/c1-14(2,3)10-7-20-13(17-10)16-9-6-4-5-8(11(9)15)12(18)19/h4-7H,15H2,1-3H3,(H,16,17)(H,18,19). The van der Waals surface area contributed by atoms with Gasteiger partial charge in [-0.25, -0.2) is 9.78 Å². The minimum Gasteiger partial charge on any atom is -0.478 e. The summed E-state index contributed by atoms with van der Waals surface area (Å²) < 4.78 is 0. The monoisotopic (exact) mass is 291 g/mol. The van der Waals surface area contributed by atoms with Gasteiger partial charge in [-0.15, -0.1) is 11.3 Å². The molecule has 0 spiro atoms. The first-order valence-electron chi connectivity index (χ1n) is 6.14. The van der Waals surface area contributed by atoms with Crippen LogP contribution in [0.15, 0.2) is 23.6 Å². The number of carboxylic acid groups (broad SMARTS) is 1. The molecule has 20 heavy (non-hydrogen) atoms. The zero-order valence-corrected chi connectivity index (χ0v) is 12.4. The van der Waals surface area contributed by atoms with E-state index >= 15 is 0 Å². The van der Waals surface area contributed by atoms with Crippen LogP contribution in [0.1, 0.15) is 36.8 Å². The zero-order chi connectivity index (χ0) is 14.9. The molecule has 0 saturated heterocycles. The molecule has 4 N–H and O–H groups in total. The molecule has 0 bridgehead atoms. The first-order chi connectivity index (χ1) is 9.29. The van der Waals surface area contributed by atoms with Gasteiger partial charge < -0.3 is 16.2 Å². The molecule has 0 amide bonds. The van der Waals surface area contributed by atoms with Gasteiger partial charge in [0.25, 0.3) is 0 Å². The van der Waals surface area contributed by atoms with E-state index in [0.29, 0.717) is 10.8 Å². The van der Waals surface area contributed by atoms with Gasteiger partial charge in [0.05, 0.1) is 22.6 Å². The lowest BCUT2D eigenvalue weighted by Gasteiger charge is -2.14. The number of hydrogen-bond donors (Lipinski definition) is 3. The molecule has 1 aromatic carbocycles. The van der Waals surface area contributed by atoms with Gasteiger partial charge in [0.1, 0.15) is 0 Å². The number of aromatic nitrogens is 1. The molecular formula is C14H17N3O2S. The van der Waals surface area contributed by atoms with Crippen LogP contribution in [0.4, 0.5) is 16.5 Å². The topological polar surface area (TPSA) is 88.2 Å². The minimum atomic E-state index is -1.04. The summed E-state index contributed by atoms with van der Waals surface area (Å²) in [6, 6.07) is 4.87. The predicted octanol–water partition coefficient (Wildman–Crippen LogP) is 3.46. The van der Waals surface area contributed by atoms with Crippen LogP contribution in [0.2, 0.25) is 0 Å². The third kappa shape index (κ3) is 2.91. The zero-order valence-electron chi connectivity index (χ0n) is 11.6. The average molecular weight is 291 g/mol. The maximum atomic E-state index is 11.0. The van der Waals surface area contributed by atoms with Crippen molar-refractivity contribution in [3.8, 4) is 0 Å². The van der Waals surface area contributed by atoms with Crippen molar-refractivity contribution in [3.63, 3.8) is 0 Å². The van der Waals surface area contributed by atoms with Crippen LogP contribution >= 0.6 is 11.3 Å². The van der Waals surface area contributed by atoms with Crippen molar-refractivity contribution < 1.29 is 9.90 Å². The van der Waals surface area contributed by atoms with Crippen molar-refractivity contribution in [2.75, 3.05) is 11.1 Å². The fraction of sp³-hybridized carbons (Fsp3) is 0.286. The van der Waals surface area contributed by atoms with Gasteiger partial charge >= 0.3 is 5.97 Å². The third-order valence-electron chi connectivity index (χ3n) is 2.85. The van der Waals surface area contributed by atoms with Crippen molar-refractivity contribution >= 4 is 33.8 Å². The molecule has 2 rings (SSSR count). The number of hydrogen-bond acceptors (Lipinski definition) is 5. The van der Waals surface area contributed by atoms with Gasteiger partial charge in [0.2, 0.25) is 0 Å². The number of benzene rings is 1. The Bertz CT molecular complexity index is 644. The van der Waals surface area contributed by atoms with Gasteiger partial charge in [-0.3, -0.25) is 0 Å². The molecule has 5 nitrogen and oxygen atoms in total.